The molecule has 1 aromatic heterocycles. The molecule has 37 heavy (non-hydrogen) atoms. The van der Waals surface area contributed by atoms with Gasteiger partial charge in [0, 0.05) is 35.0 Å². The van der Waals surface area contributed by atoms with Gasteiger partial charge in [-0.25, -0.2) is 0 Å². The largest absolute Gasteiger partial charge is 0.480 e. The van der Waals surface area contributed by atoms with Crippen LogP contribution in [0.3, 0.4) is 0 Å². The zero-order chi connectivity index (χ0) is 27.7. The van der Waals surface area contributed by atoms with Crippen LogP contribution in [0.1, 0.15) is 39.3 Å². The number of nitrogens with one attached hydrogen (secondary N) is 4. The molecule has 4 rings (SSSR count). The van der Waals surface area contributed by atoms with E-state index >= 15 is 0 Å². The van der Waals surface area contributed by atoms with Crippen molar-refractivity contribution in [2.75, 3.05) is 23.7 Å². The molecule has 192 valence electrons. The van der Waals surface area contributed by atoms with Crippen LogP contribution in [0.2, 0.25) is 10.0 Å². The van der Waals surface area contributed by atoms with E-state index in [1.165, 1.54) is 17.4 Å². The summed E-state index contributed by atoms with van der Waals surface area (Å²) in [7, 11) is 0. The third kappa shape index (κ3) is 6.17. The number of hydrogen-bond acceptors (Lipinski definition) is 8. The minimum Gasteiger partial charge on any atom is -0.480 e. The van der Waals surface area contributed by atoms with Gasteiger partial charge >= 0.3 is 5.97 Å². The van der Waals surface area contributed by atoms with E-state index in [2.05, 4.69) is 53.4 Å². The van der Waals surface area contributed by atoms with Gasteiger partial charge in [0.2, 0.25) is 0 Å². The molecule has 0 saturated carbocycles. The predicted molar refractivity (Wildman–Crippen MR) is 146 cm³/mol. The van der Waals surface area contributed by atoms with E-state index in [0.29, 0.717) is 55.7 Å². The van der Waals surface area contributed by atoms with E-state index in [-0.39, 0.29) is 12.0 Å². The smallest absolute Gasteiger partial charge is 0.324 e. The molecule has 1 aliphatic rings. The van der Waals surface area contributed by atoms with Gasteiger partial charge in [0.1, 0.15) is 12.6 Å². The van der Waals surface area contributed by atoms with Crippen molar-refractivity contribution in [2.45, 2.75) is 26.8 Å². The highest BCUT2D eigenvalue weighted by Crippen LogP contribution is 2.37. The van der Waals surface area contributed by atoms with Crippen molar-refractivity contribution >= 4 is 51.4 Å². The molecule has 0 fully saturated rings. The molecule has 5 N–H and O–H groups in total. The number of carboxylic acids is 1. The fraction of sp³-hybridized carbons (Fsp3) is 0.269. The molecule has 2 heterocycles. The molecule has 11 heteroatoms. The van der Waals surface area contributed by atoms with Gasteiger partial charge in [0.25, 0.3) is 0 Å². The summed E-state index contributed by atoms with van der Waals surface area (Å²) in [6, 6.07) is 10.8. The quantitative estimate of drug-likeness (QED) is 0.259. The van der Waals surface area contributed by atoms with Gasteiger partial charge in [-0.3, -0.25) is 14.8 Å². The molecule has 1 aliphatic heterocycles. The van der Waals surface area contributed by atoms with Crippen molar-refractivity contribution in [3.05, 3.63) is 75.7 Å². The SMILES string of the molecule is [2H][C@@](Nc1cc(Cl)c2ncc(C#N)c(NCC(C)(C)C)c2c1)(C1=CN(CC(=O)O)NN1)c1ccccc1Cl. The van der Waals surface area contributed by atoms with Crippen LogP contribution in [0.25, 0.3) is 10.9 Å². The first-order valence-electron chi connectivity index (χ1n) is 11.9. The number of rotatable bonds is 8. The highest BCUT2D eigenvalue weighted by atomic mass is 35.5. The number of aliphatic carboxylic acids is 1. The molecule has 0 aliphatic carbocycles. The second-order valence-corrected chi connectivity index (χ2v) is 10.5. The molecule has 3 aromatic rings. The lowest BCUT2D eigenvalue weighted by Crippen LogP contribution is -2.40. The Balaban J connectivity index is 1.84. The van der Waals surface area contributed by atoms with E-state index < -0.39 is 12.0 Å². The summed E-state index contributed by atoms with van der Waals surface area (Å²) >= 11 is 13.2. The summed E-state index contributed by atoms with van der Waals surface area (Å²) in [5.41, 5.74) is 8.23. The molecule has 0 spiro atoms. The molecule has 1 atom stereocenters. The number of nitriles is 1. The summed E-state index contributed by atoms with van der Waals surface area (Å²) in [5, 5.41) is 28.1. The Hall–Kier alpha value is -3.71. The van der Waals surface area contributed by atoms with Crippen LogP contribution in [-0.4, -0.2) is 34.2 Å². The maximum atomic E-state index is 11.2. The van der Waals surface area contributed by atoms with Gasteiger partial charge in [-0.05, 0) is 29.2 Å². The van der Waals surface area contributed by atoms with Crippen molar-refractivity contribution in [3.8, 4) is 6.07 Å². The van der Waals surface area contributed by atoms with Gasteiger partial charge in [0.15, 0.2) is 0 Å². The van der Waals surface area contributed by atoms with Crippen molar-refractivity contribution in [1.82, 2.24) is 21.0 Å². The molecule has 0 unspecified atom stereocenters. The second-order valence-electron chi connectivity index (χ2n) is 9.71. The normalized spacial score (nSPS) is 15.3. The molecule has 0 radical (unpaired) electrons. The zero-order valence-corrected chi connectivity index (χ0v) is 22.0. The number of aromatic nitrogens is 1. The van der Waals surface area contributed by atoms with Gasteiger partial charge in [-0.1, -0.05) is 62.2 Å². The summed E-state index contributed by atoms with van der Waals surface area (Å²) in [6.07, 6.45) is 2.98. The topological polar surface area (TPSA) is 125 Å². The summed E-state index contributed by atoms with van der Waals surface area (Å²) in [5.74, 6) is -1.05. The van der Waals surface area contributed by atoms with Crippen molar-refractivity contribution in [2.24, 2.45) is 5.41 Å². The van der Waals surface area contributed by atoms with Crippen LogP contribution in [0.15, 0.2) is 54.5 Å². The first-order chi connectivity index (χ1) is 17.9. The van der Waals surface area contributed by atoms with Crippen LogP contribution in [0.4, 0.5) is 11.4 Å². The predicted octanol–water partition coefficient (Wildman–Crippen LogP) is 5.28. The molecular weight excluding hydrogens is 513 g/mol. The summed E-state index contributed by atoms with van der Waals surface area (Å²) in [6.45, 7) is 6.51. The third-order valence-corrected chi connectivity index (χ3v) is 6.07. The molecule has 0 saturated heterocycles. The number of benzene rings is 2. The Bertz CT molecular complexity index is 1470. The van der Waals surface area contributed by atoms with Crippen LogP contribution < -0.4 is 21.6 Å². The van der Waals surface area contributed by atoms with Crippen LogP contribution >= 0.6 is 23.2 Å². The minimum atomic E-state index is -1.69. The minimum absolute atomic E-state index is 0.0577. The lowest BCUT2D eigenvalue weighted by molar-refractivity contribution is -0.138. The Kier molecular flexibility index (Phi) is 7.24. The van der Waals surface area contributed by atoms with Crippen molar-refractivity contribution in [1.29, 1.82) is 5.26 Å². The maximum Gasteiger partial charge on any atom is 0.324 e. The monoisotopic (exact) mass is 540 g/mol. The first kappa shape index (κ1) is 25.0. The number of fused-ring (bicyclic) bond motifs is 1. The average molecular weight is 541 g/mol. The maximum absolute atomic E-state index is 11.2. The second kappa shape index (κ2) is 10.7. The number of hydrazine groups is 2. The number of carboxylic acid groups (broad SMARTS) is 1. The van der Waals surface area contributed by atoms with Crippen LogP contribution in [0, 0.1) is 16.7 Å². The lowest BCUT2D eigenvalue weighted by atomic mass is 9.96. The number of nitrogens with zero attached hydrogens (tertiary/aromatic N) is 3. The summed E-state index contributed by atoms with van der Waals surface area (Å²) < 4.78 is 9.52. The Morgan fingerprint density at radius 3 is 2.73 bits per heavy atom. The zero-order valence-electron chi connectivity index (χ0n) is 21.5. The van der Waals surface area contributed by atoms with E-state index in [0.717, 1.165) is 0 Å². The Labute approximate surface area is 226 Å². The number of halogens is 2. The Morgan fingerprint density at radius 1 is 1.30 bits per heavy atom. The highest BCUT2D eigenvalue weighted by molar-refractivity contribution is 6.36. The van der Waals surface area contributed by atoms with Gasteiger partial charge in [-0.15, -0.1) is 5.53 Å². The van der Waals surface area contributed by atoms with Gasteiger partial charge in [-0.2, -0.15) is 5.26 Å². The van der Waals surface area contributed by atoms with E-state index in [1.54, 1.807) is 36.4 Å². The molecule has 2 aromatic carbocycles. The number of anilines is 2. The van der Waals surface area contributed by atoms with Crippen molar-refractivity contribution < 1.29 is 11.3 Å². The number of hydrogen-bond donors (Lipinski definition) is 5. The number of pyridine rings is 1. The molecule has 9 nitrogen and oxygen atoms in total. The molecule has 0 bridgehead atoms. The van der Waals surface area contributed by atoms with Gasteiger partial charge < -0.3 is 21.2 Å². The van der Waals surface area contributed by atoms with E-state index in [4.69, 9.17) is 23.2 Å². The standard InChI is InChI=1S/C26H27Cl2N7O2/c1-26(2,3)14-31-23-15(10-29)11-30-24-18(23)8-16(9-20(24)28)32-25(17-6-4-5-7-19(17)27)21-12-35(34-33-21)13-22(36)37/h4-9,11-12,25,32-34H,13-14H2,1-3H3,(H,30,31)(H,36,37)/t25-/m0/s1/i25D. The Morgan fingerprint density at radius 2 is 2.05 bits per heavy atom. The summed E-state index contributed by atoms with van der Waals surface area (Å²) in [4.78, 5) is 15.6. The highest BCUT2D eigenvalue weighted by Gasteiger charge is 2.25. The van der Waals surface area contributed by atoms with Crippen LogP contribution in [0.5, 0.6) is 0 Å². The third-order valence-electron chi connectivity index (χ3n) is 5.45. The molecule has 0 amide bonds. The van der Waals surface area contributed by atoms with E-state index in [9.17, 15) is 16.5 Å². The first-order valence-corrected chi connectivity index (χ1v) is 12.2. The molecular formula is C26H27Cl2N7O2. The van der Waals surface area contributed by atoms with E-state index in [1.807, 2.05) is 0 Å². The fourth-order valence-corrected chi connectivity index (χ4v) is 4.26. The number of carbonyl (C=O) groups is 1. The van der Waals surface area contributed by atoms with Gasteiger partial charge in [0.05, 0.1) is 34.9 Å². The van der Waals surface area contributed by atoms with Crippen molar-refractivity contribution in [3.63, 3.8) is 0 Å². The fourth-order valence-electron chi connectivity index (χ4n) is 3.76. The lowest BCUT2D eigenvalue weighted by Gasteiger charge is -2.24. The average Bonchev–Trinajstić information content (AvgIpc) is 3.30. The van der Waals surface area contributed by atoms with Crippen LogP contribution in [-0.2, 0) is 4.79 Å².